The highest BCUT2D eigenvalue weighted by atomic mass is 16.2. The maximum Gasteiger partial charge on any atom is 0.233 e. The van der Waals surface area contributed by atoms with Crippen LogP contribution < -0.4 is 5.73 Å². The van der Waals surface area contributed by atoms with E-state index in [1.807, 2.05) is 6.92 Å². The second-order valence-electron chi connectivity index (χ2n) is 5.55. The van der Waals surface area contributed by atoms with Gasteiger partial charge in [-0.3, -0.25) is 14.5 Å². The number of carbonyl (C=O) groups is 2. The summed E-state index contributed by atoms with van der Waals surface area (Å²) in [5.74, 6) is 0.614. The molecule has 1 aliphatic heterocycles. The van der Waals surface area contributed by atoms with E-state index in [9.17, 15) is 9.59 Å². The lowest BCUT2D eigenvalue weighted by atomic mass is 10.00. The first kappa shape index (κ1) is 12.6. The molecule has 2 fully saturated rings. The van der Waals surface area contributed by atoms with Crippen LogP contribution in [-0.4, -0.2) is 29.3 Å². The number of carbonyl (C=O) groups excluding carboxylic acids is 2. The Morgan fingerprint density at radius 2 is 1.82 bits per heavy atom. The summed E-state index contributed by atoms with van der Waals surface area (Å²) < 4.78 is 0. The average molecular weight is 238 g/mol. The van der Waals surface area contributed by atoms with Crippen LogP contribution in [0.3, 0.4) is 0 Å². The molecule has 4 heteroatoms. The standard InChI is InChI=1S/C13H22N2O2/c1-3-9-6-10-11(7-9)13(17)15(12(10)16)5-4-8(2)14/h8-11H,3-7,14H2,1-2H3. The van der Waals surface area contributed by atoms with Gasteiger partial charge in [0.15, 0.2) is 0 Å². The summed E-state index contributed by atoms with van der Waals surface area (Å²) in [6.07, 6.45) is 3.59. The maximum atomic E-state index is 12.1. The molecule has 3 atom stereocenters. The van der Waals surface area contributed by atoms with Crippen molar-refractivity contribution in [3.63, 3.8) is 0 Å². The van der Waals surface area contributed by atoms with Crippen molar-refractivity contribution in [2.75, 3.05) is 6.54 Å². The molecule has 0 bridgehead atoms. The quantitative estimate of drug-likeness (QED) is 0.747. The molecule has 1 saturated heterocycles. The van der Waals surface area contributed by atoms with Crippen molar-refractivity contribution in [3.8, 4) is 0 Å². The molecule has 0 aromatic heterocycles. The van der Waals surface area contributed by atoms with Gasteiger partial charge in [0, 0.05) is 12.6 Å². The summed E-state index contributed by atoms with van der Waals surface area (Å²) in [6, 6.07) is 0.0411. The van der Waals surface area contributed by atoms with Gasteiger partial charge in [0.25, 0.3) is 0 Å². The molecule has 3 unspecified atom stereocenters. The van der Waals surface area contributed by atoms with Gasteiger partial charge in [-0.05, 0) is 32.1 Å². The van der Waals surface area contributed by atoms with E-state index in [1.54, 1.807) is 0 Å². The number of hydrogen-bond acceptors (Lipinski definition) is 3. The summed E-state index contributed by atoms with van der Waals surface area (Å²) in [6.45, 7) is 4.53. The number of nitrogens with zero attached hydrogens (tertiary/aromatic N) is 1. The van der Waals surface area contributed by atoms with Crippen molar-refractivity contribution in [2.45, 2.75) is 45.6 Å². The molecule has 2 aliphatic rings. The summed E-state index contributed by atoms with van der Waals surface area (Å²) in [7, 11) is 0. The minimum absolute atomic E-state index is 0.0273. The van der Waals surface area contributed by atoms with Gasteiger partial charge in [0.2, 0.25) is 11.8 Å². The summed E-state index contributed by atoms with van der Waals surface area (Å²) in [5.41, 5.74) is 5.67. The summed E-state index contributed by atoms with van der Waals surface area (Å²) in [4.78, 5) is 25.7. The topological polar surface area (TPSA) is 63.4 Å². The Morgan fingerprint density at radius 3 is 2.24 bits per heavy atom. The molecule has 0 radical (unpaired) electrons. The van der Waals surface area contributed by atoms with E-state index in [-0.39, 0.29) is 29.7 Å². The number of imide groups is 1. The van der Waals surface area contributed by atoms with Crippen LogP contribution in [0, 0.1) is 17.8 Å². The normalized spacial score (nSPS) is 34.3. The zero-order valence-corrected chi connectivity index (χ0v) is 10.7. The smallest absolute Gasteiger partial charge is 0.233 e. The minimum Gasteiger partial charge on any atom is -0.328 e. The zero-order chi connectivity index (χ0) is 12.6. The summed E-state index contributed by atoms with van der Waals surface area (Å²) in [5, 5.41) is 0. The molecule has 96 valence electrons. The lowest BCUT2D eigenvalue weighted by Crippen LogP contribution is -2.35. The molecule has 2 N–H and O–H groups in total. The maximum absolute atomic E-state index is 12.1. The molecule has 1 heterocycles. The van der Waals surface area contributed by atoms with Crippen molar-refractivity contribution in [2.24, 2.45) is 23.5 Å². The lowest BCUT2D eigenvalue weighted by Gasteiger charge is -2.18. The van der Waals surface area contributed by atoms with Crippen molar-refractivity contribution in [3.05, 3.63) is 0 Å². The second-order valence-corrected chi connectivity index (χ2v) is 5.55. The fourth-order valence-electron chi connectivity index (χ4n) is 3.08. The Bertz CT molecular complexity index is 303. The molecule has 1 saturated carbocycles. The van der Waals surface area contributed by atoms with E-state index >= 15 is 0 Å². The third kappa shape index (κ3) is 2.23. The third-order valence-corrected chi connectivity index (χ3v) is 4.21. The largest absolute Gasteiger partial charge is 0.328 e. The molecule has 4 nitrogen and oxygen atoms in total. The van der Waals surface area contributed by atoms with Crippen LogP contribution in [0.25, 0.3) is 0 Å². The number of likely N-dealkylation sites (tertiary alicyclic amines) is 1. The van der Waals surface area contributed by atoms with E-state index < -0.39 is 0 Å². The number of fused-ring (bicyclic) bond motifs is 1. The first-order valence-corrected chi connectivity index (χ1v) is 6.65. The van der Waals surface area contributed by atoms with Gasteiger partial charge in [-0.15, -0.1) is 0 Å². The van der Waals surface area contributed by atoms with Crippen LogP contribution in [0.1, 0.15) is 39.5 Å². The Balaban J connectivity index is 2.01. The Kier molecular flexibility index (Phi) is 3.52. The van der Waals surface area contributed by atoms with E-state index in [4.69, 9.17) is 5.73 Å². The van der Waals surface area contributed by atoms with Crippen LogP contribution >= 0.6 is 0 Å². The first-order valence-electron chi connectivity index (χ1n) is 6.65. The van der Waals surface area contributed by atoms with Gasteiger partial charge >= 0.3 is 0 Å². The van der Waals surface area contributed by atoms with Crippen molar-refractivity contribution in [1.82, 2.24) is 4.90 Å². The van der Waals surface area contributed by atoms with Gasteiger partial charge in [-0.25, -0.2) is 0 Å². The number of amides is 2. The van der Waals surface area contributed by atoms with E-state index in [0.717, 1.165) is 19.3 Å². The molecular formula is C13H22N2O2. The van der Waals surface area contributed by atoms with Crippen molar-refractivity contribution >= 4 is 11.8 Å². The molecule has 17 heavy (non-hydrogen) atoms. The highest BCUT2D eigenvalue weighted by molar-refractivity contribution is 6.05. The van der Waals surface area contributed by atoms with E-state index in [1.165, 1.54) is 4.90 Å². The molecule has 2 amide bonds. The molecule has 1 aliphatic carbocycles. The van der Waals surface area contributed by atoms with Crippen LogP contribution in [-0.2, 0) is 9.59 Å². The van der Waals surface area contributed by atoms with Crippen molar-refractivity contribution < 1.29 is 9.59 Å². The van der Waals surface area contributed by atoms with Gasteiger partial charge in [-0.1, -0.05) is 13.3 Å². The number of hydrogen-bond donors (Lipinski definition) is 1. The van der Waals surface area contributed by atoms with Crippen LogP contribution in [0.2, 0.25) is 0 Å². The highest BCUT2D eigenvalue weighted by Crippen LogP contribution is 2.44. The van der Waals surface area contributed by atoms with Crippen LogP contribution in [0.4, 0.5) is 0 Å². The molecule has 0 aromatic rings. The molecule has 0 spiro atoms. The van der Waals surface area contributed by atoms with Crippen LogP contribution in [0.15, 0.2) is 0 Å². The zero-order valence-electron chi connectivity index (χ0n) is 10.7. The van der Waals surface area contributed by atoms with E-state index in [0.29, 0.717) is 18.9 Å². The van der Waals surface area contributed by atoms with Crippen LogP contribution in [0.5, 0.6) is 0 Å². The number of rotatable bonds is 4. The predicted octanol–water partition coefficient (Wildman–Crippen LogP) is 1.14. The highest BCUT2D eigenvalue weighted by Gasteiger charge is 2.51. The first-order chi connectivity index (χ1) is 8.04. The third-order valence-electron chi connectivity index (χ3n) is 4.21. The van der Waals surface area contributed by atoms with Gasteiger partial charge in [-0.2, -0.15) is 0 Å². The average Bonchev–Trinajstić information content (AvgIpc) is 2.79. The lowest BCUT2D eigenvalue weighted by molar-refractivity contribution is -0.140. The Labute approximate surface area is 103 Å². The fourth-order valence-corrected chi connectivity index (χ4v) is 3.08. The minimum atomic E-state index is -0.0273. The summed E-state index contributed by atoms with van der Waals surface area (Å²) >= 11 is 0. The van der Waals surface area contributed by atoms with Gasteiger partial charge < -0.3 is 5.73 Å². The number of nitrogens with two attached hydrogens (primary N) is 1. The van der Waals surface area contributed by atoms with Crippen molar-refractivity contribution in [1.29, 1.82) is 0 Å². The SMILES string of the molecule is CCC1CC2C(=O)N(CCC(C)N)C(=O)C2C1. The molecule has 0 aromatic carbocycles. The molecular weight excluding hydrogens is 216 g/mol. The van der Waals surface area contributed by atoms with E-state index in [2.05, 4.69) is 6.92 Å². The van der Waals surface area contributed by atoms with Gasteiger partial charge in [0.1, 0.15) is 0 Å². The second kappa shape index (κ2) is 4.77. The predicted molar refractivity (Wildman–Crippen MR) is 65.0 cm³/mol. The fraction of sp³-hybridized carbons (Fsp3) is 0.846. The van der Waals surface area contributed by atoms with Gasteiger partial charge in [0.05, 0.1) is 11.8 Å². The molecule has 2 rings (SSSR count). The monoisotopic (exact) mass is 238 g/mol. The Hall–Kier alpha value is -0.900. The Morgan fingerprint density at radius 1 is 1.29 bits per heavy atom.